The summed E-state index contributed by atoms with van der Waals surface area (Å²) in [5, 5.41) is 0. The summed E-state index contributed by atoms with van der Waals surface area (Å²) in [6.07, 6.45) is 4.27. The first kappa shape index (κ1) is 15.3. The molecule has 0 rings (SSSR count). The summed E-state index contributed by atoms with van der Waals surface area (Å²) in [6, 6.07) is 0. The molecule has 0 fully saturated rings. The van der Waals surface area contributed by atoms with Gasteiger partial charge in [-0.3, -0.25) is 0 Å². The maximum atomic E-state index is 11.1. The van der Waals surface area contributed by atoms with Crippen LogP contribution in [0.2, 0.25) is 0 Å². The van der Waals surface area contributed by atoms with E-state index >= 15 is 0 Å². The highest BCUT2D eigenvalue weighted by molar-refractivity contribution is 6.75. The van der Waals surface area contributed by atoms with Gasteiger partial charge in [-0.2, -0.15) is 0 Å². The van der Waals surface area contributed by atoms with Crippen molar-refractivity contribution in [1.29, 1.82) is 0 Å². The first-order chi connectivity index (χ1) is 6.91. The number of alkyl halides is 3. The van der Waals surface area contributed by atoms with Gasteiger partial charge in [0.2, 0.25) is 0 Å². The molecule has 0 spiro atoms. The fourth-order valence-corrected chi connectivity index (χ4v) is 1.34. The lowest BCUT2D eigenvalue weighted by atomic mass is 10.0. The Balaban J connectivity index is 3.85. The molecule has 0 bridgehead atoms. The van der Waals surface area contributed by atoms with Crippen molar-refractivity contribution in [2.75, 3.05) is 6.61 Å². The van der Waals surface area contributed by atoms with Crippen LogP contribution in [0.4, 0.5) is 0 Å². The van der Waals surface area contributed by atoms with Gasteiger partial charge < -0.3 is 4.74 Å². The van der Waals surface area contributed by atoms with Gasteiger partial charge >= 0.3 is 5.97 Å². The minimum atomic E-state index is -1.96. The van der Waals surface area contributed by atoms with Crippen molar-refractivity contribution in [2.45, 2.75) is 43.3 Å². The summed E-state index contributed by atoms with van der Waals surface area (Å²) in [4.78, 5) is 11.1. The molecule has 0 aliphatic carbocycles. The third-order valence-corrected chi connectivity index (χ3v) is 2.69. The summed E-state index contributed by atoms with van der Waals surface area (Å²) < 4.78 is 2.97. The van der Waals surface area contributed by atoms with Gasteiger partial charge in [0.15, 0.2) is 0 Å². The molecule has 0 amide bonds. The van der Waals surface area contributed by atoms with Gasteiger partial charge in [0.25, 0.3) is 3.79 Å². The van der Waals surface area contributed by atoms with E-state index in [4.69, 9.17) is 39.5 Å². The van der Waals surface area contributed by atoms with Crippen molar-refractivity contribution in [3.63, 3.8) is 0 Å². The van der Waals surface area contributed by atoms with Crippen molar-refractivity contribution in [1.82, 2.24) is 0 Å². The van der Waals surface area contributed by atoms with Gasteiger partial charge in [0, 0.05) is 0 Å². The molecule has 0 heterocycles. The standard InChI is InChI=1S/C10H17Cl3O2/c1-3-5-6-8(4-2)7-15-9(14)10(11,12)13/h8H,3-7H2,1-2H3. The zero-order chi connectivity index (χ0) is 11.9. The quantitative estimate of drug-likeness (QED) is 0.538. The number of hydrogen-bond acceptors (Lipinski definition) is 2. The molecule has 2 nitrogen and oxygen atoms in total. The van der Waals surface area contributed by atoms with Crippen molar-refractivity contribution in [3.8, 4) is 0 Å². The highest BCUT2D eigenvalue weighted by Gasteiger charge is 2.32. The Bertz CT molecular complexity index is 190. The highest BCUT2D eigenvalue weighted by Crippen LogP contribution is 2.28. The first-order valence-electron chi connectivity index (χ1n) is 5.15. The van der Waals surface area contributed by atoms with Crippen LogP contribution in [0.15, 0.2) is 0 Å². The molecule has 0 aliphatic heterocycles. The molecule has 0 saturated heterocycles. The number of rotatable bonds is 6. The van der Waals surface area contributed by atoms with E-state index in [0.29, 0.717) is 12.5 Å². The summed E-state index contributed by atoms with van der Waals surface area (Å²) >= 11 is 16.1. The number of halogens is 3. The van der Waals surface area contributed by atoms with Crippen LogP contribution in [0, 0.1) is 5.92 Å². The van der Waals surface area contributed by atoms with Crippen molar-refractivity contribution >= 4 is 40.8 Å². The van der Waals surface area contributed by atoms with Crippen molar-refractivity contribution in [3.05, 3.63) is 0 Å². The molecule has 5 heteroatoms. The predicted molar refractivity (Wildman–Crippen MR) is 64.6 cm³/mol. The number of hydrogen-bond donors (Lipinski definition) is 0. The topological polar surface area (TPSA) is 26.3 Å². The summed E-state index contributed by atoms with van der Waals surface area (Å²) in [5.74, 6) is -0.427. The van der Waals surface area contributed by atoms with Crippen LogP contribution in [0.25, 0.3) is 0 Å². The van der Waals surface area contributed by atoms with E-state index < -0.39 is 9.76 Å². The van der Waals surface area contributed by atoms with E-state index in [0.717, 1.165) is 25.7 Å². The van der Waals surface area contributed by atoms with Gasteiger partial charge in [0.1, 0.15) is 0 Å². The Hall–Kier alpha value is 0.340. The number of carbonyl (C=O) groups is 1. The highest BCUT2D eigenvalue weighted by atomic mass is 35.6. The molecular formula is C10H17Cl3O2. The summed E-state index contributed by atoms with van der Waals surface area (Å²) in [7, 11) is 0. The number of carbonyl (C=O) groups excluding carboxylic acids is 1. The molecular weight excluding hydrogens is 258 g/mol. The molecule has 0 radical (unpaired) electrons. The lowest BCUT2D eigenvalue weighted by molar-refractivity contribution is -0.144. The van der Waals surface area contributed by atoms with Crippen molar-refractivity contribution < 1.29 is 9.53 Å². The van der Waals surface area contributed by atoms with Gasteiger partial charge in [-0.25, -0.2) is 4.79 Å². The Kier molecular flexibility index (Phi) is 7.76. The van der Waals surface area contributed by atoms with E-state index in [1.807, 2.05) is 0 Å². The molecule has 0 saturated carbocycles. The van der Waals surface area contributed by atoms with Crippen LogP contribution >= 0.6 is 34.8 Å². The lowest BCUT2D eigenvalue weighted by Gasteiger charge is -2.16. The predicted octanol–water partition coefficient (Wildman–Crippen LogP) is 4.12. The minimum Gasteiger partial charge on any atom is -0.462 e. The van der Waals surface area contributed by atoms with Gasteiger partial charge in [-0.1, -0.05) is 67.9 Å². The number of unbranched alkanes of at least 4 members (excludes halogenated alkanes) is 1. The third kappa shape index (κ3) is 7.26. The van der Waals surface area contributed by atoms with E-state index in [9.17, 15) is 4.79 Å². The molecule has 0 aliphatic rings. The monoisotopic (exact) mass is 274 g/mol. The van der Waals surface area contributed by atoms with Gasteiger partial charge in [0.05, 0.1) is 6.61 Å². The Labute approximate surface area is 106 Å². The van der Waals surface area contributed by atoms with E-state index in [1.54, 1.807) is 0 Å². The number of esters is 1. The zero-order valence-corrected chi connectivity index (χ0v) is 11.3. The second-order valence-corrected chi connectivity index (χ2v) is 5.79. The molecule has 1 atom stereocenters. The molecule has 1 unspecified atom stereocenters. The van der Waals surface area contributed by atoms with E-state index in [1.165, 1.54) is 0 Å². The molecule has 0 aromatic rings. The van der Waals surface area contributed by atoms with Crippen LogP contribution in [-0.2, 0) is 9.53 Å². The smallest absolute Gasteiger partial charge is 0.358 e. The average Bonchev–Trinajstić information content (AvgIpc) is 2.16. The molecule has 0 N–H and O–H groups in total. The SMILES string of the molecule is CCCCC(CC)COC(=O)C(Cl)(Cl)Cl. The number of ether oxygens (including phenoxy) is 1. The molecule has 15 heavy (non-hydrogen) atoms. The fourth-order valence-electron chi connectivity index (χ4n) is 1.17. The van der Waals surface area contributed by atoms with E-state index in [2.05, 4.69) is 13.8 Å². The maximum Gasteiger partial charge on any atom is 0.358 e. The van der Waals surface area contributed by atoms with Crippen LogP contribution in [0.5, 0.6) is 0 Å². The lowest BCUT2D eigenvalue weighted by Crippen LogP contribution is -2.24. The van der Waals surface area contributed by atoms with Crippen molar-refractivity contribution in [2.24, 2.45) is 5.92 Å². The Morgan fingerprint density at radius 1 is 1.33 bits per heavy atom. The zero-order valence-electron chi connectivity index (χ0n) is 9.06. The van der Waals surface area contributed by atoms with Gasteiger partial charge in [-0.05, 0) is 12.3 Å². The Morgan fingerprint density at radius 3 is 2.33 bits per heavy atom. The summed E-state index contributed by atoms with van der Waals surface area (Å²) in [5.41, 5.74) is 0. The normalized spacial score (nSPS) is 13.7. The second kappa shape index (κ2) is 7.59. The largest absolute Gasteiger partial charge is 0.462 e. The molecule has 0 aromatic carbocycles. The Morgan fingerprint density at radius 2 is 1.93 bits per heavy atom. The average molecular weight is 276 g/mol. The fraction of sp³-hybridized carbons (Fsp3) is 0.900. The first-order valence-corrected chi connectivity index (χ1v) is 6.29. The third-order valence-electron chi connectivity index (χ3n) is 2.22. The van der Waals surface area contributed by atoms with Crippen LogP contribution in [-0.4, -0.2) is 16.4 Å². The molecule has 90 valence electrons. The second-order valence-electron chi connectivity index (χ2n) is 3.51. The van der Waals surface area contributed by atoms with Crippen LogP contribution in [0.3, 0.4) is 0 Å². The maximum absolute atomic E-state index is 11.1. The summed E-state index contributed by atoms with van der Waals surface area (Å²) in [6.45, 7) is 4.52. The van der Waals surface area contributed by atoms with Gasteiger partial charge in [-0.15, -0.1) is 0 Å². The van der Waals surface area contributed by atoms with Crippen LogP contribution in [0.1, 0.15) is 39.5 Å². The minimum absolute atomic E-state index is 0.337. The van der Waals surface area contributed by atoms with Crippen LogP contribution < -0.4 is 0 Å². The molecule has 0 aromatic heterocycles. The van der Waals surface area contributed by atoms with E-state index in [-0.39, 0.29) is 0 Å².